The quantitative estimate of drug-likeness (QED) is 0.802. The number of hydrogen-bond acceptors (Lipinski definition) is 2. The second-order valence-electron chi connectivity index (χ2n) is 3.71. The molecule has 0 saturated carbocycles. The molecule has 1 aromatic rings. The minimum atomic E-state index is -0.613. The number of aliphatic hydroxyl groups excluding tert-OH is 1. The van der Waals surface area contributed by atoms with Crippen LogP contribution in [0.15, 0.2) is 18.2 Å². The Morgan fingerprint density at radius 3 is 2.20 bits per heavy atom. The molecule has 0 aliphatic carbocycles. The summed E-state index contributed by atoms with van der Waals surface area (Å²) < 4.78 is 26.0. The van der Waals surface area contributed by atoms with E-state index >= 15 is 0 Å². The van der Waals surface area contributed by atoms with Gasteiger partial charge in [-0.05, 0) is 38.1 Å². The van der Waals surface area contributed by atoms with Crippen LogP contribution in [0, 0.1) is 11.6 Å². The lowest BCUT2D eigenvalue weighted by molar-refractivity contribution is 0.227. The van der Waals surface area contributed by atoms with E-state index in [1.807, 2.05) is 0 Å². The van der Waals surface area contributed by atoms with Crippen LogP contribution in [0.25, 0.3) is 0 Å². The van der Waals surface area contributed by atoms with Crippen LogP contribution in [0.3, 0.4) is 0 Å². The van der Waals surface area contributed by atoms with Crippen LogP contribution in [0.1, 0.15) is 18.9 Å². The molecule has 4 heteroatoms. The maximum atomic E-state index is 13.0. The lowest BCUT2D eigenvalue weighted by Crippen LogP contribution is -2.37. The summed E-state index contributed by atoms with van der Waals surface area (Å²) in [7, 11) is 1.69. The molecular formula is C11H15F2NO. The molecule has 0 fully saturated rings. The number of nitrogens with one attached hydrogen (secondary N) is 1. The van der Waals surface area contributed by atoms with E-state index in [1.54, 1.807) is 14.0 Å². The number of benzene rings is 1. The van der Waals surface area contributed by atoms with Crippen molar-refractivity contribution in [3.05, 3.63) is 35.4 Å². The number of rotatable bonds is 4. The van der Waals surface area contributed by atoms with Gasteiger partial charge < -0.3 is 10.4 Å². The highest BCUT2D eigenvalue weighted by molar-refractivity contribution is 5.25. The first-order chi connectivity index (χ1) is 7.01. The van der Waals surface area contributed by atoms with E-state index in [0.29, 0.717) is 12.0 Å². The van der Waals surface area contributed by atoms with Crippen LogP contribution in [-0.4, -0.2) is 18.8 Å². The average molecular weight is 215 g/mol. The highest BCUT2D eigenvalue weighted by Gasteiger charge is 2.24. The molecule has 0 heterocycles. The van der Waals surface area contributed by atoms with E-state index in [-0.39, 0.29) is 6.61 Å². The molecular weight excluding hydrogens is 200 g/mol. The van der Waals surface area contributed by atoms with Crippen molar-refractivity contribution < 1.29 is 13.9 Å². The Kier molecular flexibility index (Phi) is 3.77. The van der Waals surface area contributed by atoms with Gasteiger partial charge in [0.25, 0.3) is 0 Å². The molecule has 0 aliphatic rings. The minimum absolute atomic E-state index is 0.0462. The zero-order chi connectivity index (χ0) is 11.5. The molecule has 0 bridgehead atoms. The smallest absolute Gasteiger partial charge is 0.126 e. The fourth-order valence-corrected chi connectivity index (χ4v) is 1.51. The van der Waals surface area contributed by atoms with Gasteiger partial charge in [0.1, 0.15) is 11.6 Å². The third kappa shape index (κ3) is 2.73. The molecule has 2 nitrogen and oxygen atoms in total. The monoisotopic (exact) mass is 215 g/mol. The van der Waals surface area contributed by atoms with Gasteiger partial charge in [0, 0.05) is 18.2 Å². The molecule has 15 heavy (non-hydrogen) atoms. The summed E-state index contributed by atoms with van der Waals surface area (Å²) in [5.41, 5.74) is -0.117. The molecule has 2 N–H and O–H groups in total. The van der Waals surface area contributed by atoms with E-state index in [4.69, 9.17) is 5.11 Å². The Hall–Kier alpha value is -1.00. The maximum Gasteiger partial charge on any atom is 0.126 e. The SMILES string of the molecule is CNC(C)(CCO)c1cc(F)cc(F)c1. The summed E-state index contributed by atoms with van der Waals surface area (Å²) in [5.74, 6) is -1.21. The molecule has 1 unspecified atom stereocenters. The zero-order valence-corrected chi connectivity index (χ0v) is 8.85. The number of aliphatic hydroxyl groups is 1. The molecule has 0 spiro atoms. The van der Waals surface area contributed by atoms with Crippen molar-refractivity contribution in [1.29, 1.82) is 0 Å². The van der Waals surface area contributed by atoms with Crippen LogP contribution >= 0.6 is 0 Å². The van der Waals surface area contributed by atoms with Crippen LogP contribution in [-0.2, 0) is 5.54 Å². The molecule has 0 amide bonds. The van der Waals surface area contributed by atoms with Crippen molar-refractivity contribution in [2.24, 2.45) is 0 Å². The predicted molar refractivity (Wildman–Crippen MR) is 54.5 cm³/mol. The largest absolute Gasteiger partial charge is 0.396 e. The van der Waals surface area contributed by atoms with Crippen LogP contribution < -0.4 is 5.32 Å². The Morgan fingerprint density at radius 2 is 1.80 bits per heavy atom. The van der Waals surface area contributed by atoms with Gasteiger partial charge in [0.05, 0.1) is 0 Å². The summed E-state index contributed by atoms with van der Waals surface area (Å²) in [6.45, 7) is 1.74. The van der Waals surface area contributed by atoms with E-state index < -0.39 is 17.2 Å². The van der Waals surface area contributed by atoms with Gasteiger partial charge in [-0.1, -0.05) is 0 Å². The number of hydrogen-bond donors (Lipinski definition) is 2. The van der Waals surface area contributed by atoms with E-state index in [0.717, 1.165) is 6.07 Å². The Bertz CT molecular complexity index is 323. The molecule has 0 radical (unpaired) electrons. The van der Waals surface area contributed by atoms with Gasteiger partial charge in [-0.15, -0.1) is 0 Å². The lowest BCUT2D eigenvalue weighted by Gasteiger charge is -2.29. The van der Waals surface area contributed by atoms with Crippen LogP contribution in [0.5, 0.6) is 0 Å². The number of halogens is 2. The maximum absolute atomic E-state index is 13.0. The van der Waals surface area contributed by atoms with Crippen molar-refractivity contribution in [2.45, 2.75) is 18.9 Å². The first-order valence-electron chi connectivity index (χ1n) is 4.78. The molecule has 0 saturated heterocycles. The lowest BCUT2D eigenvalue weighted by atomic mass is 9.89. The van der Waals surface area contributed by atoms with E-state index in [2.05, 4.69) is 5.32 Å². The average Bonchev–Trinajstić information content (AvgIpc) is 2.16. The topological polar surface area (TPSA) is 32.3 Å². The minimum Gasteiger partial charge on any atom is -0.396 e. The summed E-state index contributed by atoms with van der Waals surface area (Å²) in [4.78, 5) is 0. The third-order valence-corrected chi connectivity index (χ3v) is 2.66. The molecule has 0 aliphatic heterocycles. The van der Waals surface area contributed by atoms with Gasteiger partial charge in [0.2, 0.25) is 0 Å². The summed E-state index contributed by atoms with van der Waals surface area (Å²) in [5, 5.41) is 11.9. The summed E-state index contributed by atoms with van der Waals surface area (Å²) in [6, 6.07) is 3.38. The van der Waals surface area contributed by atoms with E-state index in [9.17, 15) is 8.78 Å². The fraction of sp³-hybridized carbons (Fsp3) is 0.455. The van der Waals surface area contributed by atoms with Crippen LogP contribution in [0.2, 0.25) is 0 Å². The molecule has 1 atom stereocenters. The van der Waals surface area contributed by atoms with Crippen molar-refractivity contribution in [3.8, 4) is 0 Å². The fourth-order valence-electron chi connectivity index (χ4n) is 1.51. The summed E-state index contributed by atoms with van der Waals surface area (Å²) >= 11 is 0. The van der Waals surface area contributed by atoms with Crippen molar-refractivity contribution in [3.63, 3.8) is 0 Å². The molecule has 0 aromatic heterocycles. The first kappa shape index (κ1) is 12.1. The second kappa shape index (κ2) is 4.68. The van der Waals surface area contributed by atoms with Gasteiger partial charge in [-0.25, -0.2) is 8.78 Å². The van der Waals surface area contributed by atoms with Gasteiger partial charge >= 0.3 is 0 Å². The van der Waals surface area contributed by atoms with Gasteiger partial charge in [-0.2, -0.15) is 0 Å². The second-order valence-corrected chi connectivity index (χ2v) is 3.71. The Labute approximate surface area is 87.9 Å². The zero-order valence-electron chi connectivity index (χ0n) is 8.85. The van der Waals surface area contributed by atoms with Crippen molar-refractivity contribution >= 4 is 0 Å². The molecule has 1 rings (SSSR count). The van der Waals surface area contributed by atoms with Crippen LogP contribution in [0.4, 0.5) is 8.78 Å². The predicted octanol–water partition coefficient (Wildman–Crippen LogP) is 1.78. The van der Waals surface area contributed by atoms with Gasteiger partial charge in [0.15, 0.2) is 0 Å². The van der Waals surface area contributed by atoms with Gasteiger partial charge in [-0.3, -0.25) is 0 Å². The highest BCUT2D eigenvalue weighted by atomic mass is 19.1. The first-order valence-corrected chi connectivity index (χ1v) is 4.78. The molecule has 84 valence electrons. The Morgan fingerprint density at radius 1 is 1.27 bits per heavy atom. The van der Waals surface area contributed by atoms with Crippen molar-refractivity contribution in [1.82, 2.24) is 5.32 Å². The Balaban J connectivity index is 3.11. The third-order valence-electron chi connectivity index (χ3n) is 2.66. The summed E-state index contributed by atoms with van der Waals surface area (Å²) in [6.07, 6.45) is 0.395. The highest BCUT2D eigenvalue weighted by Crippen LogP contribution is 2.25. The molecule has 1 aromatic carbocycles. The normalized spacial score (nSPS) is 15.0. The van der Waals surface area contributed by atoms with E-state index in [1.165, 1.54) is 12.1 Å². The standard InChI is InChI=1S/C11H15F2NO/c1-11(14-2,3-4-15)8-5-9(12)7-10(13)6-8/h5-7,14-15H,3-4H2,1-2H3. The van der Waals surface area contributed by atoms with Crippen molar-refractivity contribution in [2.75, 3.05) is 13.7 Å².